The topological polar surface area (TPSA) is 0 Å². The molecule has 0 N–H and O–H groups in total. The highest BCUT2D eigenvalue weighted by Gasteiger charge is 2.38. The maximum absolute atomic E-state index is 14.5. The zero-order valence-electron chi connectivity index (χ0n) is 10.3. The van der Waals surface area contributed by atoms with Gasteiger partial charge in [-0.05, 0) is 22.9 Å². The average Bonchev–Trinajstić information content (AvgIpc) is 2.45. The Morgan fingerprint density at radius 3 is 1.65 bits per heavy atom. The normalized spacial score (nSPS) is 14.8. The summed E-state index contributed by atoms with van der Waals surface area (Å²) in [5.74, 6) is 0. The maximum atomic E-state index is 14.5. The van der Waals surface area contributed by atoms with E-state index in [9.17, 15) is 17.6 Å². The second kappa shape index (κ2) is 6.31. The van der Waals surface area contributed by atoms with Gasteiger partial charge in [-0.15, -0.1) is 0 Å². The minimum absolute atomic E-state index is 0.248. The van der Waals surface area contributed by atoms with E-state index in [0.29, 0.717) is 5.56 Å². The minimum atomic E-state index is -4.49. The van der Waals surface area contributed by atoms with Crippen LogP contribution in [0.5, 0.6) is 0 Å². The molecular weight excluding hydrogens is 288 g/mol. The van der Waals surface area contributed by atoms with Gasteiger partial charge in [0.05, 0.1) is 5.25 Å². The molecule has 0 amide bonds. The molecule has 0 aliphatic heterocycles. The SMILES string of the molecule is FC(c1ccccc1)C(SC(F)(F)F)c1ccccc1. The summed E-state index contributed by atoms with van der Waals surface area (Å²) in [5.41, 5.74) is -3.91. The minimum Gasteiger partial charge on any atom is -0.241 e. The number of alkyl halides is 4. The van der Waals surface area contributed by atoms with E-state index >= 15 is 0 Å². The molecule has 0 fully saturated rings. The predicted octanol–water partition coefficient (Wildman–Crippen LogP) is 5.69. The number of rotatable bonds is 4. The van der Waals surface area contributed by atoms with Gasteiger partial charge in [-0.2, -0.15) is 13.2 Å². The summed E-state index contributed by atoms with van der Waals surface area (Å²) in [6.45, 7) is 0. The molecule has 0 saturated heterocycles. The molecule has 0 aromatic heterocycles. The van der Waals surface area contributed by atoms with Crippen LogP contribution in [0.25, 0.3) is 0 Å². The molecule has 0 saturated carbocycles. The van der Waals surface area contributed by atoms with Crippen LogP contribution in [0.2, 0.25) is 0 Å². The van der Waals surface area contributed by atoms with Crippen LogP contribution >= 0.6 is 11.8 Å². The lowest BCUT2D eigenvalue weighted by Gasteiger charge is -2.22. The Morgan fingerprint density at radius 1 is 0.750 bits per heavy atom. The highest BCUT2D eigenvalue weighted by Crippen LogP contribution is 2.49. The number of halogens is 4. The molecule has 0 spiro atoms. The van der Waals surface area contributed by atoms with Crippen molar-refractivity contribution in [3.8, 4) is 0 Å². The van der Waals surface area contributed by atoms with Gasteiger partial charge >= 0.3 is 5.51 Å². The van der Waals surface area contributed by atoms with Gasteiger partial charge in [0.2, 0.25) is 0 Å². The smallest absolute Gasteiger partial charge is 0.241 e. The summed E-state index contributed by atoms with van der Waals surface area (Å²) in [6.07, 6.45) is -1.72. The molecule has 2 atom stereocenters. The number of hydrogen-bond donors (Lipinski definition) is 0. The van der Waals surface area contributed by atoms with E-state index in [4.69, 9.17) is 0 Å². The lowest BCUT2D eigenvalue weighted by molar-refractivity contribution is -0.0339. The first-order valence-electron chi connectivity index (χ1n) is 5.96. The van der Waals surface area contributed by atoms with E-state index in [0.717, 1.165) is 0 Å². The molecule has 20 heavy (non-hydrogen) atoms. The molecule has 0 aliphatic carbocycles. The van der Waals surface area contributed by atoms with E-state index < -0.39 is 16.9 Å². The molecule has 0 radical (unpaired) electrons. The molecule has 2 aromatic carbocycles. The van der Waals surface area contributed by atoms with Crippen LogP contribution in [0.1, 0.15) is 22.5 Å². The Morgan fingerprint density at radius 2 is 1.20 bits per heavy atom. The van der Waals surface area contributed by atoms with Crippen molar-refractivity contribution < 1.29 is 17.6 Å². The summed E-state index contributed by atoms with van der Waals surface area (Å²) < 4.78 is 52.5. The van der Waals surface area contributed by atoms with E-state index in [2.05, 4.69) is 0 Å². The van der Waals surface area contributed by atoms with Gasteiger partial charge in [-0.25, -0.2) is 4.39 Å². The summed E-state index contributed by atoms with van der Waals surface area (Å²) in [4.78, 5) is 0. The van der Waals surface area contributed by atoms with E-state index in [1.54, 1.807) is 36.4 Å². The van der Waals surface area contributed by atoms with Gasteiger partial charge in [0.15, 0.2) is 0 Å². The van der Waals surface area contributed by atoms with Gasteiger partial charge in [-0.1, -0.05) is 60.7 Å². The van der Waals surface area contributed by atoms with Gasteiger partial charge in [0, 0.05) is 0 Å². The van der Waals surface area contributed by atoms with Crippen LogP contribution in [0.3, 0.4) is 0 Å². The summed E-state index contributed by atoms with van der Waals surface area (Å²) in [7, 11) is 0. The fourth-order valence-corrected chi connectivity index (χ4v) is 2.75. The summed E-state index contributed by atoms with van der Waals surface area (Å²) >= 11 is -0.317. The molecule has 0 aliphatic rings. The first kappa shape index (κ1) is 14.9. The largest absolute Gasteiger partial charge is 0.442 e. The average molecular weight is 300 g/mol. The molecule has 0 heterocycles. The first-order chi connectivity index (χ1) is 9.47. The fraction of sp³-hybridized carbons (Fsp3) is 0.200. The van der Waals surface area contributed by atoms with Crippen molar-refractivity contribution in [1.82, 2.24) is 0 Å². The van der Waals surface area contributed by atoms with Gasteiger partial charge in [0.25, 0.3) is 0 Å². The second-order valence-electron chi connectivity index (χ2n) is 4.21. The van der Waals surface area contributed by atoms with E-state index in [-0.39, 0.29) is 17.3 Å². The zero-order chi connectivity index (χ0) is 14.6. The van der Waals surface area contributed by atoms with Gasteiger partial charge in [0.1, 0.15) is 6.17 Å². The monoisotopic (exact) mass is 300 g/mol. The van der Waals surface area contributed by atoms with Gasteiger partial charge < -0.3 is 0 Å². The predicted molar refractivity (Wildman–Crippen MR) is 73.1 cm³/mol. The van der Waals surface area contributed by atoms with E-state index in [1.165, 1.54) is 24.3 Å². The number of thioether (sulfide) groups is 1. The lowest BCUT2D eigenvalue weighted by Crippen LogP contribution is -2.11. The molecular formula is C15H12F4S. The third-order valence-corrected chi connectivity index (χ3v) is 3.80. The van der Waals surface area contributed by atoms with Crippen molar-refractivity contribution in [2.75, 3.05) is 0 Å². The van der Waals surface area contributed by atoms with Crippen molar-refractivity contribution in [2.45, 2.75) is 16.9 Å². The van der Waals surface area contributed by atoms with Crippen LogP contribution in [-0.4, -0.2) is 5.51 Å². The molecule has 5 heteroatoms. The molecule has 0 nitrogen and oxygen atoms in total. The summed E-state index contributed by atoms with van der Waals surface area (Å²) in [5, 5.41) is -1.31. The van der Waals surface area contributed by atoms with Crippen LogP contribution in [-0.2, 0) is 0 Å². The number of benzene rings is 2. The Kier molecular flexibility index (Phi) is 4.70. The van der Waals surface area contributed by atoms with Crippen LogP contribution in [0.15, 0.2) is 60.7 Å². The van der Waals surface area contributed by atoms with Crippen molar-refractivity contribution >= 4 is 11.8 Å². The van der Waals surface area contributed by atoms with Gasteiger partial charge in [-0.3, -0.25) is 0 Å². The fourth-order valence-electron chi connectivity index (χ4n) is 1.90. The molecule has 2 unspecified atom stereocenters. The highest BCUT2D eigenvalue weighted by atomic mass is 32.2. The Bertz CT molecular complexity index is 525. The molecule has 0 bridgehead atoms. The Labute approximate surface area is 118 Å². The quantitative estimate of drug-likeness (QED) is 0.653. The Balaban J connectivity index is 2.32. The molecule has 2 aromatic rings. The van der Waals surface area contributed by atoms with Crippen molar-refractivity contribution in [3.05, 3.63) is 71.8 Å². The van der Waals surface area contributed by atoms with Crippen molar-refractivity contribution in [2.24, 2.45) is 0 Å². The van der Waals surface area contributed by atoms with Crippen molar-refractivity contribution in [3.63, 3.8) is 0 Å². The zero-order valence-corrected chi connectivity index (χ0v) is 11.2. The molecule has 2 rings (SSSR count). The lowest BCUT2D eigenvalue weighted by atomic mass is 10.0. The Hall–Kier alpha value is -1.49. The maximum Gasteiger partial charge on any atom is 0.442 e. The standard InChI is InChI=1S/C15H12F4S/c16-13(11-7-3-1-4-8-11)14(20-15(17,18)19)12-9-5-2-6-10-12/h1-10,13-14H. The van der Waals surface area contributed by atoms with Crippen LogP contribution in [0, 0.1) is 0 Å². The molecule has 106 valence electrons. The first-order valence-corrected chi connectivity index (χ1v) is 6.84. The van der Waals surface area contributed by atoms with Crippen molar-refractivity contribution in [1.29, 1.82) is 0 Å². The van der Waals surface area contributed by atoms with E-state index in [1.807, 2.05) is 0 Å². The van der Waals surface area contributed by atoms with Crippen LogP contribution in [0.4, 0.5) is 17.6 Å². The highest BCUT2D eigenvalue weighted by molar-refractivity contribution is 8.00. The third kappa shape index (κ3) is 4.00. The number of hydrogen-bond acceptors (Lipinski definition) is 1. The van der Waals surface area contributed by atoms with Crippen LogP contribution < -0.4 is 0 Å². The third-order valence-electron chi connectivity index (χ3n) is 2.77. The second-order valence-corrected chi connectivity index (χ2v) is 5.41. The summed E-state index contributed by atoms with van der Waals surface area (Å²) in [6, 6.07) is 15.9.